The number of fused-ring (bicyclic) bond motifs is 1. The van der Waals surface area contributed by atoms with Gasteiger partial charge in [0.2, 0.25) is 5.91 Å². The van der Waals surface area contributed by atoms with Crippen LogP contribution in [-0.4, -0.2) is 34.1 Å². The van der Waals surface area contributed by atoms with Gasteiger partial charge in [0.1, 0.15) is 4.32 Å². The van der Waals surface area contributed by atoms with Crippen LogP contribution in [0.5, 0.6) is 0 Å². The third-order valence-electron chi connectivity index (χ3n) is 5.03. The normalized spacial score (nSPS) is 17.8. The fraction of sp³-hybridized carbons (Fsp3) is 0.227. The molecule has 1 saturated heterocycles. The highest BCUT2D eigenvalue weighted by Gasteiger charge is 2.33. The van der Waals surface area contributed by atoms with Crippen molar-refractivity contribution in [1.82, 2.24) is 4.90 Å². The number of hydrogen-bond donors (Lipinski definition) is 0. The standard InChI is InChI=1S/C22H19ClN2O2S2/c23-17-9-3-1-7-16(17)14-19-21(27)25(22(28)29-19)13-11-20(26)24-12-5-8-15-6-2-4-10-18(15)24/h1-4,6-7,9-10,14H,5,8,11-13H2. The van der Waals surface area contributed by atoms with Crippen LogP contribution in [0.1, 0.15) is 24.0 Å². The van der Waals surface area contributed by atoms with E-state index in [1.165, 1.54) is 22.2 Å². The van der Waals surface area contributed by atoms with Gasteiger partial charge in [-0.25, -0.2) is 0 Å². The van der Waals surface area contributed by atoms with E-state index in [-0.39, 0.29) is 24.8 Å². The fourth-order valence-corrected chi connectivity index (χ4v) is 5.05. The maximum Gasteiger partial charge on any atom is 0.266 e. The zero-order valence-corrected chi connectivity index (χ0v) is 18.0. The highest BCUT2D eigenvalue weighted by atomic mass is 35.5. The minimum atomic E-state index is -0.174. The molecule has 2 heterocycles. The second-order valence-corrected chi connectivity index (χ2v) is 8.97. The molecule has 2 aromatic rings. The highest BCUT2D eigenvalue weighted by molar-refractivity contribution is 8.26. The molecule has 0 unspecified atom stereocenters. The molecule has 0 N–H and O–H groups in total. The smallest absolute Gasteiger partial charge is 0.266 e. The van der Waals surface area contributed by atoms with Crippen molar-refractivity contribution in [2.45, 2.75) is 19.3 Å². The first-order valence-corrected chi connectivity index (χ1v) is 11.0. The van der Waals surface area contributed by atoms with Gasteiger partial charge in [0.25, 0.3) is 5.91 Å². The number of hydrogen-bond acceptors (Lipinski definition) is 4. The number of amides is 2. The second kappa shape index (κ2) is 8.69. The van der Waals surface area contributed by atoms with Crippen LogP contribution in [-0.2, 0) is 16.0 Å². The summed E-state index contributed by atoms with van der Waals surface area (Å²) in [4.78, 5) is 29.5. The molecule has 1 fully saturated rings. The van der Waals surface area contributed by atoms with Gasteiger partial charge in [0.05, 0.1) is 4.91 Å². The largest absolute Gasteiger partial charge is 0.312 e. The number of aryl methyl sites for hydroxylation is 1. The summed E-state index contributed by atoms with van der Waals surface area (Å²) in [5, 5.41) is 0.580. The summed E-state index contributed by atoms with van der Waals surface area (Å²) < 4.78 is 0.472. The molecule has 2 amide bonds. The van der Waals surface area contributed by atoms with E-state index >= 15 is 0 Å². The number of halogens is 1. The third-order valence-corrected chi connectivity index (χ3v) is 6.75. The van der Waals surface area contributed by atoms with Gasteiger partial charge in [-0.05, 0) is 42.2 Å². The molecular formula is C22H19ClN2O2S2. The summed E-state index contributed by atoms with van der Waals surface area (Å²) in [5.41, 5.74) is 2.95. The van der Waals surface area contributed by atoms with Crippen LogP contribution in [0.4, 0.5) is 5.69 Å². The zero-order valence-electron chi connectivity index (χ0n) is 15.6. The quantitative estimate of drug-likeness (QED) is 0.498. The summed E-state index contributed by atoms with van der Waals surface area (Å²) in [6, 6.07) is 15.3. The average molecular weight is 443 g/mol. The van der Waals surface area contributed by atoms with Crippen molar-refractivity contribution in [3.05, 3.63) is 69.6 Å². The molecule has 2 aliphatic rings. The van der Waals surface area contributed by atoms with Gasteiger partial charge in [-0.2, -0.15) is 0 Å². The number of rotatable bonds is 4. The Morgan fingerprint density at radius 2 is 1.93 bits per heavy atom. The maximum absolute atomic E-state index is 12.9. The van der Waals surface area contributed by atoms with Gasteiger partial charge in [0.15, 0.2) is 0 Å². The van der Waals surface area contributed by atoms with E-state index in [4.69, 9.17) is 23.8 Å². The van der Waals surface area contributed by atoms with E-state index in [2.05, 4.69) is 6.07 Å². The molecule has 2 aromatic carbocycles. The first-order valence-electron chi connectivity index (χ1n) is 9.43. The van der Waals surface area contributed by atoms with Crippen LogP contribution in [0.15, 0.2) is 53.4 Å². The van der Waals surface area contributed by atoms with Crippen molar-refractivity contribution >= 4 is 63.5 Å². The van der Waals surface area contributed by atoms with Crippen LogP contribution < -0.4 is 4.90 Å². The zero-order chi connectivity index (χ0) is 20.4. The molecule has 0 saturated carbocycles. The predicted molar refractivity (Wildman–Crippen MR) is 123 cm³/mol. The molecule has 0 aliphatic carbocycles. The lowest BCUT2D eigenvalue weighted by Gasteiger charge is -2.30. The monoisotopic (exact) mass is 442 g/mol. The van der Waals surface area contributed by atoms with Gasteiger partial charge >= 0.3 is 0 Å². The third kappa shape index (κ3) is 4.25. The van der Waals surface area contributed by atoms with Crippen molar-refractivity contribution in [2.24, 2.45) is 0 Å². The minimum absolute atomic E-state index is 0.0151. The van der Waals surface area contributed by atoms with Gasteiger partial charge in [-0.3, -0.25) is 14.5 Å². The van der Waals surface area contributed by atoms with Crippen molar-refractivity contribution in [3.8, 4) is 0 Å². The molecule has 4 nitrogen and oxygen atoms in total. The summed E-state index contributed by atoms with van der Waals surface area (Å²) in [7, 11) is 0. The van der Waals surface area contributed by atoms with E-state index in [9.17, 15) is 9.59 Å². The fourth-order valence-electron chi connectivity index (χ4n) is 3.56. The molecule has 29 heavy (non-hydrogen) atoms. The lowest BCUT2D eigenvalue weighted by molar-refractivity contribution is -0.123. The SMILES string of the molecule is O=C1C(=Cc2ccccc2Cl)SC(=S)N1CCC(=O)N1CCCc2ccccc21. The Hall–Kier alpha value is -2.15. The Bertz CT molecular complexity index is 1020. The number of benzene rings is 2. The van der Waals surface area contributed by atoms with Crippen LogP contribution in [0.2, 0.25) is 5.02 Å². The summed E-state index contributed by atoms with van der Waals surface area (Å²) in [5.74, 6) is -0.159. The lowest BCUT2D eigenvalue weighted by Crippen LogP contribution is -2.38. The molecule has 2 aliphatic heterocycles. The number of thioether (sulfide) groups is 1. The van der Waals surface area contributed by atoms with Gasteiger partial charge < -0.3 is 4.90 Å². The predicted octanol–water partition coefficient (Wildman–Crippen LogP) is 4.91. The lowest BCUT2D eigenvalue weighted by atomic mass is 10.0. The van der Waals surface area contributed by atoms with Gasteiger partial charge in [-0.1, -0.05) is 72.0 Å². The number of nitrogens with zero attached hydrogens (tertiary/aromatic N) is 2. The number of anilines is 1. The van der Waals surface area contributed by atoms with Crippen LogP contribution in [0, 0.1) is 0 Å². The molecule has 4 rings (SSSR count). The Labute approximate surface area is 184 Å². The number of carbonyl (C=O) groups is 2. The highest BCUT2D eigenvalue weighted by Crippen LogP contribution is 2.34. The molecular weight excluding hydrogens is 424 g/mol. The van der Waals surface area contributed by atoms with Gasteiger partial charge in [-0.15, -0.1) is 0 Å². The second-order valence-electron chi connectivity index (χ2n) is 6.88. The first kappa shape index (κ1) is 20.1. The van der Waals surface area contributed by atoms with E-state index in [1.54, 1.807) is 12.1 Å². The number of thiocarbonyl (C=S) groups is 1. The summed E-state index contributed by atoms with van der Waals surface area (Å²) >= 11 is 12.8. The molecule has 0 radical (unpaired) electrons. The summed E-state index contributed by atoms with van der Waals surface area (Å²) in [6.07, 6.45) is 3.93. The van der Waals surface area contributed by atoms with Crippen LogP contribution in [0.3, 0.4) is 0 Å². The van der Waals surface area contributed by atoms with Crippen LogP contribution >= 0.6 is 35.6 Å². The number of carbonyl (C=O) groups excluding carboxylic acids is 2. The molecule has 7 heteroatoms. The number of para-hydroxylation sites is 1. The Kier molecular flexibility index (Phi) is 6.04. The van der Waals surface area contributed by atoms with E-state index in [0.717, 1.165) is 24.1 Å². The minimum Gasteiger partial charge on any atom is -0.312 e. The first-order chi connectivity index (χ1) is 14.0. The molecule has 148 valence electrons. The average Bonchev–Trinajstić information content (AvgIpc) is 3.00. The van der Waals surface area contributed by atoms with Crippen molar-refractivity contribution in [1.29, 1.82) is 0 Å². The maximum atomic E-state index is 12.9. The molecule has 0 spiro atoms. The topological polar surface area (TPSA) is 40.6 Å². The van der Waals surface area contributed by atoms with E-state index < -0.39 is 0 Å². The van der Waals surface area contributed by atoms with Crippen molar-refractivity contribution in [2.75, 3.05) is 18.0 Å². The Balaban J connectivity index is 1.44. The molecule has 0 bridgehead atoms. The van der Waals surface area contributed by atoms with E-state index in [1.807, 2.05) is 41.3 Å². The van der Waals surface area contributed by atoms with E-state index in [0.29, 0.717) is 20.8 Å². The summed E-state index contributed by atoms with van der Waals surface area (Å²) in [6.45, 7) is 0.989. The van der Waals surface area contributed by atoms with Gasteiger partial charge in [0, 0.05) is 30.2 Å². The van der Waals surface area contributed by atoms with Crippen molar-refractivity contribution < 1.29 is 9.59 Å². The van der Waals surface area contributed by atoms with Crippen LogP contribution in [0.25, 0.3) is 6.08 Å². The Morgan fingerprint density at radius 1 is 1.17 bits per heavy atom. The molecule has 0 aromatic heterocycles. The molecule has 0 atom stereocenters. The van der Waals surface area contributed by atoms with Crippen molar-refractivity contribution in [3.63, 3.8) is 0 Å². The Morgan fingerprint density at radius 3 is 2.76 bits per heavy atom.